The molecule has 4 heteroatoms. The van der Waals surface area contributed by atoms with E-state index < -0.39 is 5.97 Å². The van der Waals surface area contributed by atoms with Crippen LogP contribution in [-0.2, 0) is 4.74 Å². The van der Waals surface area contributed by atoms with Crippen molar-refractivity contribution in [1.29, 1.82) is 0 Å². The number of allylic oxidation sites excluding steroid dienone is 2. The second-order valence-corrected chi connectivity index (χ2v) is 5.62. The van der Waals surface area contributed by atoms with E-state index >= 15 is 0 Å². The van der Waals surface area contributed by atoms with Crippen molar-refractivity contribution in [2.45, 2.75) is 6.92 Å². The van der Waals surface area contributed by atoms with Crippen molar-refractivity contribution >= 4 is 17.3 Å². The van der Waals surface area contributed by atoms with Gasteiger partial charge in [0.2, 0.25) is 5.78 Å². The van der Waals surface area contributed by atoms with Crippen LogP contribution in [0, 0.1) is 0 Å². The molecule has 0 aliphatic heterocycles. The highest BCUT2D eigenvalue weighted by Crippen LogP contribution is 2.22. The Balaban J connectivity index is 2.02. The van der Waals surface area contributed by atoms with Crippen LogP contribution in [0.1, 0.15) is 33.3 Å². The molecule has 4 nitrogen and oxygen atoms in total. The number of Topliss-reactive ketones (excluding diaryl/α,β-unsaturated/α-hetero) is 1. The van der Waals surface area contributed by atoms with Gasteiger partial charge in [0.25, 0.3) is 0 Å². The maximum absolute atomic E-state index is 13.0. The number of ketones is 1. The SMILES string of the molecule is C/C(=C(/OC(=O)c1ccccc1)C(=O)c1ccccc1)c1ccccn1. The van der Waals surface area contributed by atoms with E-state index in [1.54, 1.807) is 73.8 Å². The average molecular weight is 343 g/mol. The summed E-state index contributed by atoms with van der Waals surface area (Å²) in [5.74, 6) is -0.970. The molecule has 26 heavy (non-hydrogen) atoms. The summed E-state index contributed by atoms with van der Waals surface area (Å²) in [6.07, 6.45) is 1.63. The van der Waals surface area contributed by atoms with Gasteiger partial charge in [-0.15, -0.1) is 0 Å². The first-order valence-electron chi connectivity index (χ1n) is 8.16. The minimum absolute atomic E-state index is 0.0243. The summed E-state index contributed by atoms with van der Waals surface area (Å²) in [6, 6.07) is 22.7. The highest BCUT2D eigenvalue weighted by molar-refractivity contribution is 6.13. The van der Waals surface area contributed by atoms with Gasteiger partial charge in [-0.3, -0.25) is 9.78 Å². The minimum atomic E-state index is -0.583. The Morgan fingerprint density at radius 3 is 1.92 bits per heavy atom. The molecule has 1 aromatic heterocycles. The van der Waals surface area contributed by atoms with E-state index in [9.17, 15) is 9.59 Å². The summed E-state index contributed by atoms with van der Waals surface area (Å²) in [7, 11) is 0. The van der Waals surface area contributed by atoms with Crippen LogP contribution in [0.3, 0.4) is 0 Å². The summed E-state index contributed by atoms with van der Waals surface area (Å²) < 4.78 is 5.52. The van der Waals surface area contributed by atoms with Crippen LogP contribution < -0.4 is 0 Å². The number of esters is 1. The Kier molecular flexibility index (Phi) is 5.34. The molecular weight excluding hydrogens is 326 g/mol. The number of carbonyl (C=O) groups is 2. The van der Waals surface area contributed by atoms with Crippen molar-refractivity contribution in [3.05, 3.63) is 108 Å². The number of aromatic nitrogens is 1. The van der Waals surface area contributed by atoms with Crippen molar-refractivity contribution in [2.75, 3.05) is 0 Å². The maximum Gasteiger partial charge on any atom is 0.343 e. The molecule has 0 saturated carbocycles. The third-order valence-corrected chi connectivity index (χ3v) is 3.84. The Hall–Kier alpha value is -3.53. The van der Waals surface area contributed by atoms with Crippen molar-refractivity contribution in [2.24, 2.45) is 0 Å². The molecule has 0 fully saturated rings. The van der Waals surface area contributed by atoms with Crippen LogP contribution in [0.4, 0.5) is 0 Å². The molecule has 3 aromatic rings. The number of benzene rings is 2. The van der Waals surface area contributed by atoms with Gasteiger partial charge in [0.15, 0.2) is 5.76 Å². The van der Waals surface area contributed by atoms with Gasteiger partial charge >= 0.3 is 5.97 Å². The highest BCUT2D eigenvalue weighted by Gasteiger charge is 2.22. The number of ether oxygens (including phenoxy) is 1. The van der Waals surface area contributed by atoms with E-state index in [1.807, 2.05) is 18.2 Å². The Bertz CT molecular complexity index is 933. The molecule has 0 unspecified atom stereocenters. The van der Waals surface area contributed by atoms with E-state index in [-0.39, 0.29) is 11.5 Å². The van der Waals surface area contributed by atoms with Crippen molar-refractivity contribution in [3.8, 4) is 0 Å². The van der Waals surface area contributed by atoms with Gasteiger partial charge in [-0.2, -0.15) is 0 Å². The van der Waals surface area contributed by atoms with Crippen LogP contribution >= 0.6 is 0 Å². The number of nitrogens with zero attached hydrogens (tertiary/aromatic N) is 1. The molecule has 0 aliphatic carbocycles. The second kappa shape index (κ2) is 8.03. The zero-order valence-corrected chi connectivity index (χ0v) is 14.3. The molecule has 3 rings (SSSR count). The lowest BCUT2D eigenvalue weighted by atomic mass is 10.0. The van der Waals surface area contributed by atoms with Crippen molar-refractivity contribution in [3.63, 3.8) is 0 Å². The summed E-state index contributed by atoms with van der Waals surface area (Å²) in [4.78, 5) is 29.7. The Labute approximate surface area is 151 Å². The molecule has 0 spiro atoms. The van der Waals surface area contributed by atoms with Crippen LogP contribution in [0.25, 0.3) is 5.57 Å². The third-order valence-electron chi connectivity index (χ3n) is 3.84. The fourth-order valence-corrected chi connectivity index (χ4v) is 2.44. The zero-order valence-electron chi connectivity index (χ0n) is 14.3. The predicted molar refractivity (Wildman–Crippen MR) is 99.5 cm³/mol. The number of rotatable bonds is 5. The topological polar surface area (TPSA) is 56.3 Å². The summed E-state index contributed by atoms with van der Waals surface area (Å²) in [6.45, 7) is 1.72. The fraction of sp³-hybridized carbons (Fsp3) is 0.0455. The molecule has 0 N–H and O–H groups in total. The normalized spacial score (nSPS) is 11.4. The molecule has 2 aromatic carbocycles. The molecule has 0 bridgehead atoms. The smallest absolute Gasteiger partial charge is 0.343 e. The van der Waals surface area contributed by atoms with E-state index in [0.29, 0.717) is 22.4 Å². The second-order valence-electron chi connectivity index (χ2n) is 5.62. The van der Waals surface area contributed by atoms with Crippen LogP contribution in [0.2, 0.25) is 0 Å². The third kappa shape index (κ3) is 3.92. The number of carbonyl (C=O) groups excluding carboxylic acids is 2. The summed E-state index contributed by atoms with van der Waals surface area (Å²) in [5, 5.41) is 0. The fourth-order valence-electron chi connectivity index (χ4n) is 2.44. The largest absolute Gasteiger partial charge is 0.418 e. The molecular formula is C22H17NO3. The molecule has 1 heterocycles. The van der Waals surface area contributed by atoms with Crippen LogP contribution in [-0.4, -0.2) is 16.7 Å². The molecule has 0 aliphatic rings. The molecule has 0 radical (unpaired) electrons. The lowest BCUT2D eigenvalue weighted by molar-refractivity contribution is 0.0591. The average Bonchev–Trinajstić information content (AvgIpc) is 2.73. The summed E-state index contributed by atoms with van der Waals surface area (Å²) in [5.41, 5.74) is 1.90. The molecule has 0 amide bonds. The first-order chi connectivity index (χ1) is 12.7. The van der Waals surface area contributed by atoms with Gasteiger partial charge in [0.1, 0.15) is 0 Å². The standard InChI is InChI=1S/C22H17NO3/c1-16(19-14-8-9-15-23-19)21(20(24)17-10-4-2-5-11-17)26-22(25)18-12-6-3-7-13-18/h2-15H,1H3/b21-16-. The molecule has 128 valence electrons. The van der Waals surface area contributed by atoms with Crippen molar-refractivity contribution in [1.82, 2.24) is 4.98 Å². The Morgan fingerprint density at radius 1 is 0.769 bits per heavy atom. The van der Waals surface area contributed by atoms with Crippen molar-refractivity contribution < 1.29 is 14.3 Å². The van der Waals surface area contributed by atoms with Gasteiger partial charge in [0.05, 0.1) is 11.3 Å². The highest BCUT2D eigenvalue weighted by atomic mass is 16.5. The van der Waals surface area contributed by atoms with Crippen LogP contribution in [0.5, 0.6) is 0 Å². The van der Waals surface area contributed by atoms with E-state index in [0.717, 1.165) is 0 Å². The first-order valence-corrected chi connectivity index (χ1v) is 8.16. The van der Waals surface area contributed by atoms with Gasteiger partial charge in [-0.1, -0.05) is 54.6 Å². The number of hydrogen-bond donors (Lipinski definition) is 0. The van der Waals surface area contributed by atoms with Gasteiger partial charge in [-0.25, -0.2) is 4.79 Å². The maximum atomic E-state index is 13.0. The lowest BCUT2D eigenvalue weighted by Gasteiger charge is -2.12. The molecule has 0 saturated heterocycles. The predicted octanol–water partition coefficient (Wildman–Crippen LogP) is 4.55. The lowest BCUT2D eigenvalue weighted by Crippen LogP contribution is -2.14. The van der Waals surface area contributed by atoms with Gasteiger partial charge < -0.3 is 4.74 Å². The zero-order chi connectivity index (χ0) is 18.4. The van der Waals surface area contributed by atoms with Crippen LogP contribution in [0.15, 0.2) is 90.8 Å². The van der Waals surface area contributed by atoms with E-state index in [1.165, 1.54) is 0 Å². The quantitative estimate of drug-likeness (QED) is 0.295. The van der Waals surface area contributed by atoms with Gasteiger partial charge in [0, 0.05) is 17.3 Å². The number of hydrogen-bond acceptors (Lipinski definition) is 4. The summed E-state index contributed by atoms with van der Waals surface area (Å²) >= 11 is 0. The first kappa shape index (κ1) is 17.3. The number of pyridine rings is 1. The van der Waals surface area contributed by atoms with E-state index in [2.05, 4.69) is 4.98 Å². The monoisotopic (exact) mass is 343 g/mol. The molecule has 0 atom stereocenters. The van der Waals surface area contributed by atoms with Gasteiger partial charge in [-0.05, 0) is 31.2 Å². The Morgan fingerprint density at radius 2 is 1.35 bits per heavy atom. The minimum Gasteiger partial charge on any atom is -0.418 e. The van der Waals surface area contributed by atoms with E-state index in [4.69, 9.17) is 4.74 Å².